The predicted molar refractivity (Wildman–Crippen MR) is 63.3 cm³/mol. The van der Waals surface area contributed by atoms with E-state index in [0.29, 0.717) is 17.7 Å². The Balaban J connectivity index is 3.08. The van der Waals surface area contributed by atoms with Gasteiger partial charge in [-0.25, -0.2) is 8.78 Å². The number of aromatic nitrogens is 1. The molecule has 1 N–H and O–H groups in total. The molecule has 0 aliphatic carbocycles. The Bertz CT molecular complexity index is 659. The number of aryl methyl sites for hydroxylation is 2. The molecule has 1 aromatic heterocycles. The van der Waals surface area contributed by atoms with Crippen molar-refractivity contribution in [2.75, 3.05) is 0 Å². The van der Waals surface area contributed by atoms with Crippen molar-refractivity contribution in [1.82, 2.24) is 4.98 Å². The minimum atomic E-state index is -0.641. The van der Waals surface area contributed by atoms with Crippen molar-refractivity contribution in [1.29, 1.82) is 0 Å². The normalized spacial score (nSPS) is 11.1. The predicted octanol–water partition coefficient (Wildman–Crippen LogP) is 2.99. The van der Waals surface area contributed by atoms with Gasteiger partial charge >= 0.3 is 0 Å². The third-order valence-corrected chi connectivity index (χ3v) is 3.02. The van der Waals surface area contributed by atoms with E-state index in [1.807, 2.05) is 6.92 Å². The molecule has 1 heterocycles. The van der Waals surface area contributed by atoms with Crippen molar-refractivity contribution in [3.05, 3.63) is 44.7 Å². The van der Waals surface area contributed by atoms with E-state index in [1.54, 1.807) is 6.92 Å². The van der Waals surface area contributed by atoms with E-state index in [9.17, 15) is 13.6 Å². The van der Waals surface area contributed by atoms with Crippen LogP contribution >= 0.6 is 0 Å². The summed E-state index contributed by atoms with van der Waals surface area (Å²) in [6, 6.07) is 1.10. The second-order valence-electron chi connectivity index (χ2n) is 4.15. The largest absolute Gasteiger partial charge is 0.356 e. The lowest BCUT2D eigenvalue weighted by molar-refractivity contribution is 0.606. The topological polar surface area (TPSA) is 32.9 Å². The molecule has 0 spiro atoms. The number of benzene rings is 1. The number of pyridine rings is 1. The maximum atomic E-state index is 13.9. The maximum Gasteiger partial charge on any atom is 0.195 e. The molecule has 4 heteroatoms. The van der Waals surface area contributed by atoms with Gasteiger partial charge in [-0.05, 0) is 31.9 Å². The monoisotopic (exact) mass is 237 g/mol. The second kappa shape index (κ2) is 3.95. The van der Waals surface area contributed by atoms with Crippen molar-refractivity contribution in [3.63, 3.8) is 0 Å². The fourth-order valence-corrected chi connectivity index (χ4v) is 2.10. The van der Waals surface area contributed by atoms with Gasteiger partial charge in [-0.3, -0.25) is 4.79 Å². The molecule has 0 aliphatic heterocycles. The van der Waals surface area contributed by atoms with E-state index in [-0.39, 0.29) is 16.5 Å². The summed E-state index contributed by atoms with van der Waals surface area (Å²) in [5, 5.41) is -0.176. The van der Waals surface area contributed by atoms with Crippen molar-refractivity contribution in [2.45, 2.75) is 27.2 Å². The lowest BCUT2D eigenvalue weighted by atomic mass is 10.0. The average molecular weight is 237 g/mol. The summed E-state index contributed by atoms with van der Waals surface area (Å²) < 4.78 is 27.6. The van der Waals surface area contributed by atoms with Gasteiger partial charge in [0, 0.05) is 11.3 Å². The van der Waals surface area contributed by atoms with Crippen LogP contribution in [-0.2, 0) is 6.42 Å². The first-order chi connectivity index (χ1) is 7.97. The van der Waals surface area contributed by atoms with Gasteiger partial charge in [0.1, 0.15) is 11.6 Å². The SMILES string of the molecule is CCc1c(C)[nH]c2c(F)cc(C)c(F)c2c1=O. The van der Waals surface area contributed by atoms with Gasteiger partial charge in [0.2, 0.25) is 0 Å². The van der Waals surface area contributed by atoms with Crippen LogP contribution in [0.25, 0.3) is 10.9 Å². The van der Waals surface area contributed by atoms with Crippen LogP contribution in [0.5, 0.6) is 0 Å². The Morgan fingerprint density at radius 1 is 1.29 bits per heavy atom. The van der Waals surface area contributed by atoms with Crippen LogP contribution in [0.15, 0.2) is 10.9 Å². The van der Waals surface area contributed by atoms with E-state index >= 15 is 0 Å². The van der Waals surface area contributed by atoms with Crippen LogP contribution < -0.4 is 5.43 Å². The van der Waals surface area contributed by atoms with Crippen molar-refractivity contribution >= 4 is 10.9 Å². The van der Waals surface area contributed by atoms with Crippen LogP contribution in [0.2, 0.25) is 0 Å². The number of aromatic amines is 1. The number of fused-ring (bicyclic) bond motifs is 1. The molecule has 0 saturated heterocycles. The molecule has 0 saturated carbocycles. The van der Waals surface area contributed by atoms with Crippen LogP contribution in [0.3, 0.4) is 0 Å². The van der Waals surface area contributed by atoms with Gasteiger partial charge in [-0.1, -0.05) is 6.92 Å². The molecule has 0 unspecified atom stereocenters. The second-order valence-corrected chi connectivity index (χ2v) is 4.15. The third kappa shape index (κ3) is 1.64. The van der Waals surface area contributed by atoms with E-state index in [1.165, 1.54) is 6.92 Å². The molecule has 2 rings (SSSR count). The summed E-state index contributed by atoms with van der Waals surface area (Å²) in [6.45, 7) is 4.95. The molecule has 17 heavy (non-hydrogen) atoms. The lowest BCUT2D eigenvalue weighted by Gasteiger charge is -2.09. The Morgan fingerprint density at radius 3 is 2.53 bits per heavy atom. The fraction of sp³-hybridized carbons (Fsp3) is 0.308. The zero-order valence-corrected chi connectivity index (χ0v) is 9.95. The Hall–Kier alpha value is -1.71. The summed E-state index contributed by atoms with van der Waals surface area (Å²) in [4.78, 5) is 14.9. The minimum absolute atomic E-state index is 0.0483. The molecule has 2 aromatic rings. The Morgan fingerprint density at radius 2 is 1.94 bits per heavy atom. The van der Waals surface area contributed by atoms with Crippen LogP contribution in [0, 0.1) is 25.5 Å². The molecule has 0 aliphatic rings. The molecule has 0 radical (unpaired) electrons. The first-order valence-corrected chi connectivity index (χ1v) is 5.47. The summed E-state index contributed by atoms with van der Waals surface area (Å²) in [5.74, 6) is -1.24. The highest BCUT2D eigenvalue weighted by molar-refractivity contribution is 5.81. The number of halogens is 2. The zero-order chi connectivity index (χ0) is 12.7. The lowest BCUT2D eigenvalue weighted by Crippen LogP contribution is -2.15. The standard InChI is InChI=1S/C13H13F2NO/c1-4-8-7(3)16-12-9(14)5-6(2)11(15)10(12)13(8)17/h5H,4H2,1-3H3,(H,16,17). The molecule has 90 valence electrons. The van der Waals surface area contributed by atoms with Gasteiger partial charge in [0.05, 0.1) is 10.9 Å². The van der Waals surface area contributed by atoms with Crippen molar-refractivity contribution < 1.29 is 8.78 Å². The fourth-order valence-electron chi connectivity index (χ4n) is 2.10. The van der Waals surface area contributed by atoms with Crippen molar-refractivity contribution in [2.24, 2.45) is 0 Å². The highest BCUT2D eigenvalue weighted by Crippen LogP contribution is 2.21. The number of hydrogen-bond donors (Lipinski definition) is 1. The Labute approximate surface area is 97.3 Å². The molecule has 0 atom stereocenters. The molecular formula is C13H13F2NO. The highest BCUT2D eigenvalue weighted by atomic mass is 19.1. The number of nitrogens with one attached hydrogen (secondary N) is 1. The summed E-state index contributed by atoms with van der Waals surface area (Å²) >= 11 is 0. The Kier molecular flexibility index (Phi) is 2.73. The van der Waals surface area contributed by atoms with E-state index in [2.05, 4.69) is 4.98 Å². The first kappa shape index (κ1) is 11.8. The molecule has 1 aromatic carbocycles. The van der Waals surface area contributed by atoms with Crippen molar-refractivity contribution in [3.8, 4) is 0 Å². The first-order valence-electron chi connectivity index (χ1n) is 5.47. The summed E-state index contributed by atoms with van der Waals surface area (Å²) in [7, 11) is 0. The third-order valence-electron chi connectivity index (χ3n) is 3.02. The average Bonchev–Trinajstić information content (AvgIpc) is 2.26. The molecule has 0 amide bonds. The van der Waals surface area contributed by atoms with E-state index in [0.717, 1.165) is 6.07 Å². The highest BCUT2D eigenvalue weighted by Gasteiger charge is 2.16. The van der Waals surface area contributed by atoms with Crippen LogP contribution in [0.1, 0.15) is 23.7 Å². The van der Waals surface area contributed by atoms with E-state index < -0.39 is 17.1 Å². The molecule has 0 fully saturated rings. The van der Waals surface area contributed by atoms with Gasteiger partial charge < -0.3 is 4.98 Å². The molecule has 2 nitrogen and oxygen atoms in total. The van der Waals surface area contributed by atoms with Crippen LogP contribution in [-0.4, -0.2) is 4.98 Å². The summed E-state index contributed by atoms with van der Waals surface area (Å²) in [6.07, 6.45) is 0.492. The number of rotatable bonds is 1. The smallest absolute Gasteiger partial charge is 0.195 e. The van der Waals surface area contributed by atoms with Crippen LogP contribution in [0.4, 0.5) is 8.78 Å². The van der Waals surface area contributed by atoms with E-state index in [4.69, 9.17) is 0 Å². The minimum Gasteiger partial charge on any atom is -0.356 e. The van der Waals surface area contributed by atoms with Gasteiger partial charge in [0.15, 0.2) is 5.43 Å². The number of hydrogen-bond acceptors (Lipinski definition) is 1. The van der Waals surface area contributed by atoms with Gasteiger partial charge in [0.25, 0.3) is 0 Å². The quantitative estimate of drug-likeness (QED) is 0.812. The summed E-state index contributed by atoms with van der Waals surface area (Å²) in [5.41, 5.74) is 0.770. The number of H-pyrrole nitrogens is 1. The molecule has 0 bridgehead atoms. The van der Waals surface area contributed by atoms with Gasteiger partial charge in [-0.15, -0.1) is 0 Å². The zero-order valence-electron chi connectivity index (χ0n) is 9.95. The maximum absolute atomic E-state index is 13.9. The van der Waals surface area contributed by atoms with Gasteiger partial charge in [-0.2, -0.15) is 0 Å². The molecular weight excluding hydrogens is 224 g/mol.